The third-order valence-corrected chi connectivity index (χ3v) is 5.26. The number of carboxylic acid groups (broad SMARTS) is 1. The van der Waals surface area contributed by atoms with Crippen molar-refractivity contribution >= 4 is 28.6 Å². The van der Waals surface area contributed by atoms with Crippen LogP contribution in [0.3, 0.4) is 0 Å². The summed E-state index contributed by atoms with van der Waals surface area (Å²) in [6, 6.07) is 20.9. The molecule has 0 radical (unpaired) electrons. The highest BCUT2D eigenvalue weighted by molar-refractivity contribution is 7.99. The Hall–Kier alpha value is -3.38. The van der Waals surface area contributed by atoms with E-state index in [1.54, 1.807) is 23.9 Å². The van der Waals surface area contributed by atoms with Crippen LogP contribution in [0.2, 0.25) is 0 Å². The summed E-state index contributed by atoms with van der Waals surface area (Å²) in [7, 11) is 0. The number of aromatic nitrogens is 1. The SMILES string of the molecule is O=C(O)c1c(O)c(-c2ccc(Sc3ccccc3)cc2)nc2ccc(F)cc12. The van der Waals surface area contributed by atoms with Gasteiger partial charge < -0.3 is 10.2 Å². The van der Waals surface area contributed by atoms with Gasteiger partial charge in [-0.25, -0.2) is 14.2 Å². The maximum atomic E-state index is 13.6. The topological polar surface area (TPSA) is 70.4 Å². The second kappa shape index (κ2) is 7.32. The summed E-state index contributed by atoms with van der Waals surface area (Å²) >= 11 is 1.59. The average Bonchev–Trinajstić information content (AvgIpc) is 2.69. The second-order valence-electron chi connectivity index (χ2n) is 6.09. The van der Waals surface area contributed by atoms with Crippen molar-refractivity contribution in [2.45, 2.75) is 9.79 Å². The maximum absolute atomic E-state index is 13.6. The second-order valence-corrected chi connectivity index (χ2v) is 7.24. The predicted molar refractivity (Wildman–Crippen MR) is 106 cm³/mol. The van der Waals surface area contributed by atoms with Crippen molar-refractivity contribution in [2.24, 2.45) is 0 Å². The molecule has 3 aromatic carbocycles. The summed E-state index contributed by atoms with van der Waals surface area (Å²) in [4.78, 5) is 18.1. The molecule has 0 aliphatic rings. The fourth-order valence-electron chi connectivity index (χ4n) is 2.95. The Balaban J connectivity index is 1.77. The largest absolute Gasteiger partial charge is 0.505 e. The van der Waals surface area contributed by atoms with Crippen molar-refractivity contribution < 1.29 is 19.4 Å². The number of nitrogens with zero attached hydrogens (tertiary/aromatic N) is 1. The van der Waals surface area contributed by atoms with Gasteiger partial charge in [0.05, 0.1) is 5.52 Å². The molecule has 4 nitrogen and oxygen atoms in total. The molecular weight excluding hydrogens is 377 g/mol. The molecule has 1 heterocycles. The Morgan fingerprint density at radius 2 is 1.61 bits per heavy atom. The number of rotatable bonds is 4. The Bertz CT molecular complexity index is 1180. The van der Waals surface area contributed by atoms with Gasteiger partial charge in [0.25, 0.3) is 0 Å². The molecule has 0 aliphatic carbocycles. The summed E-state index contributed by atoms with van der Waals surface area (Å²) in [6.07, 6.45) is 0. The zero-order valence-electron chi connectivity index (χ0n) is 14.5. The smallest absolute Gasteiger partial charge is 0.340 e. The number of pyridine rings is 1. The van der Waals surface area contributed by atoms with Crippen LogP contribution < -0.4 is 0 Å². The molecule has 138 valence electrons. The minimum Gasteiger partial charge on any atom is -0.505 e. The normalized spacial score (nSPS) is 10.9. The van der Waals surface area contributed by atoms with E-state index < -0.39 is 17.5 Å². The van der Waals surface area contributed by atoms with Crippen LogP contribution in [0.1, 0.15) is 10.4 Å². The highest BCUT2D eigenvalue weighted by Crippen LogP contribution is 2.37. The molecule has 6 heteroatoms. The van der Waals surface area contributed by atoms with E-state index in [-0.39, 0.29) is 16.6 Å². The zero-order chi connectivity index (χ0) is 19.7. The standard InChI is InChI=1S/C22H14FNO3S/c23-14-8-11-18-17(12-14)19(22(26)27)21(25)20(24-18)13-6-9-16(10-7-13)28-15-4-2-1-3-5-15/h1-12,25H,(H,26,27). The van der Waals surface area contributed by atoms with Gasteiger partial charge in [-0.1, -0.05) is 42.1 Å². The van der Waals surface area contributed by atoms with E-state index in [1.165, 1.54) is 12.1 Å². The van der Waals surface area contributed by atoms with Crippen molar-refractivity contribution in [3.8, 4) is 17.0 Å². The molecule has 4 rings (SSSR count). The summed E-state index contributed by atoms with van der Waals surface area (Å²) in [5.41, 5.74) is 0.660. The number of carboxylic acids is 1. The first kappa shape index (κ1) is 18.0. The summed E-state index contributed by atoms with van der Waals surface area (Å²) in [5.74, 6) is -2.41. The monoisotopic (exact) mass is 391 g/mol. The molecule has 0 aliphatic heterocycles. The van der Waals surface area contributed by atoms with Crippen molar-refractivity contribution in [2.75, 3.05) is 0 Å². The van der Waals surface area contributed by atoms with Gasteiger partial charge in [-0.2, -0.15) is 0 Å². The van der Waals surface area contributed by atoms with Crippen LogP contribution in [0.15, 0.2) is 82.6 Å². The lowest BCUT2D eigenvalue weighted by Crippen LogP contribution is -2.02. The molecule has 28 heavy (non-hydrogen) atoms. The third kappa shape index (κ3) is 3.42. The summed E-state index contributed by atoms with van der Waals surface area (Å²) < 4.78 is 13.6. The molecule has 0 saturated heterocycles. The fourth-order valence-corrected chi connectivity index (χ4v) is 3.79. The first-order valence-electron chi connectivity index (χ1n) is 8.42. The van der Waals surface area contributed by atoms with E-state index >= 15 is 0 Å². The summed E-state index contributed by atoms with van der Waals surface area (Å²) in [5, 5.41) is 20.1. The zero-order valence-corrected chi connectivity index (χ0v) is 15.3. The maximum Gasteiger partial charge on any atom is 0.340 e. The number of hydrogen-bond acceptors (Lipinski definition) is 4. The molecule has 0 spiro atoms. The van der Waals surface area contributed by atoms with Crippen LogP contribution in [0.4, 0.5) is 4.39 Å². The van der Waals surface area contributed by atoms with Gasteiger partial charge in [-0.05, 0) is 42.5 Å². The average molecular weight is 391 g/mol. The van der Waals surface area contributed by atoms with Crippen molar-refractivity contribution in [1.29, 1.82) is 0 Å². The molecule has 2 N–H and O–H groups in total. The van der Waals surface area contributed by atoms with E-state index in [2.05, 4.69) is 4.98 Å². The molecule has 0 saturated carbocycles. The van der Waals surface area contributed by atoms with Crippen molar-refractivity contribution in [3.05, 3.63) is 84.2 Å². The number of fused-ring (bicyclic) bond motifs is 1. The van der Waals surface area contributed by atoms with E-state index in [1.807, 2.05) is 42.5 Å². The minimum absolute atomic E-state index is 0.0602. The van der Waals surface area contributed by atoms with E-state index in [9.17, 15) is 19.4 Å². The number of benzene rings is 3. The van der Waals surface area contributed by atoms with Crippen LogP contribution >= 0.6 is 11.8 Å². The van der Waals surface area contributed by atoms with Gasteiger partial charge in [-0.3, -0.25) is 0 Å². The van der Waals surface area contributed by atoms with Crippen LogP contribution in [-0.4, -0.2) is 21.2 Å². The first-order valence-corrected chi connectivity index (χ1v) is 9.23. The fraction of sp³-hybridized carbons (Fsp3) is 0. The quantitative estimate of drug-likeness (QED) is 0.474. The van der Waals surface area contributed by atoms with Gasteiger partial charge in [0, 0.05) is 20.7 Å². The lowest BCUT2D eigenvalue weighted by Gasteiger charge is -2.11. The van der Waals surface area contributed by atoms with E-state index in [0.717, 1.165) is 15.9 Å². The van der Waals surface area contributed by atoms with Gasteiger partial charge in [0.2, 0.25) is 0 Å². The van der Waals surface area contributed by atoms with E-state index in [4.69, 9.17) is 0 Å². The van der Waals surface area contributed by atoms with Crippen LogP contribution in [0.5, 0.6) is 5.75 Å². The predicted octanol–water partition coefficient (Wildman–Crippen LogP) is 5.60. The van der Waals surface area contributed by atoms with Crippen LogP contribution in [0, 0.1) is 5.82 Å². The van der Waals surface area contributed by atoms with Gasteiger partial charge in [-0.15, -0.1) is 0 Å². The first-order chi connectivity index (χ1) is 13.5. The Morgan fingerprint density at radius 3 is 2.29 bits per heavy atom. The third-order valence-electron chi connectivity index (χ3n) is 4.24. The van der Waals surface area contributed by atoms with Crippen molar-refractivity contribution in [3.63, 3.8) is 0 Å². The number of hydrogen-bond donors (Lipinski definition) is 2. The van der Waals surface area contributed by atoms with E-state index in [0.29, 0.717) is 11.1 Å². The summed E-state index contributed by atoms with van der Waals surface area (Å²) in [6.45, 7) is 0. The molecule has 0 bridgehead atoms. The number of halogens is 1. The van der Waals surface area contributed by atoms with Gasteiger partial charge >= 0.3 is 5.97 Å². The Morgan fingerprint density at radius 1 is 0.929 bits per heavy atom. The molecule has 1 aromatic heterocycles. The van der Waals surface area contributed by atoms with Crippen molar-refractivity contribution in [1.82, 2.24) is 4.98 Å². The highest BCUT2D eigenvalue weighted by atomic mass is 32.2. The molecule has 0 atom stereocenters. The molecular formula is C22H14FNO3S. The van der Waals surface area contributed by atoms with Crippen LogP contribution in [0.25, 0.3) is 22.2 Å². The molecule has 0 unspecified atom stereocenters. The molecule has 4 aromatic rings. The molecule has 0 amide bonds. The van der Waals surface area contributed by atoms with Crippen LogP contribution in [-0.2, 0) is 0 Å². The lowest BCUT2D eigenvalue weighted by atomic mass is 10.0. The lowest BCUT2D eigenvalue weighted by molar-refractivity contribution is 0.0696. The molecule has 0 fully saturated rings. The highest BCUT2D eigenvalue weighted by Gasteiger charge is 2.21. The number of aromatic hydroxyl groups is 1. The van der Waals surface area contributed by atoms with Gasteiger partial charge in [0.15, 0.2) is 5.75 Å². The number of aromatic carboxylic acids is 1. The Kier molecular flexibility index (Phi) is 4.71. The minimum atomic E-state index is -1.34. The van der Waals surface area contributed by atoms with Gasteiger partial charge in [0.1, 0.15) is 17.1 Å². The number of carbonyl (C=O) groups is 1. The Labute approximate surface area is 164 Å².